The van der Waals surface area contributed by atoms with Crippen LogP contribution in [0.25, 0.3) is 0 Å². The maximum Gasteiger partial charge on any atom is 0.220 e. The summed E-state index contributed by atoms with van der Waals surface area (Å²) in [6.07, 6.45) is 75.4. The van der Waals surface area contributed by atoms with E-state index in [9.17, 15) is 15.0 Å². The number of aliphatic hydroxyl groups is 2. The molecule has 0 bridgehead atoms. The Hall–Kier alpha value is -2.69. The fourth-order valence-electron chi connectivity index (χ4n) is 7.20. The standard InChI is InChI=1S/C56H97NO3/c1-3-5-7-9-11-13-15-17-19-21-23-25-27-28-30-32-34-36-38-40-42-44-46-48-50-52-56(60)57-54(53-58)55(59)51-49-47-45-43-41-39-37-35-33-31-29-26-24-22-20-18-16-14-12-10-8-6-4-2/h5,7,11,13,17,19,23,25,28,30,34,36,41,43,49,51,54-55,58-59H,3-4,6,8-10,12,14-16,18,20-22,24,26-27,29,31-33,35,37-40,42,44-48,50,52-53H2,1-2H3,(H,57,60)/b7-5-,13-11-,19-17-,25-23-,30-28-,36-34-,43-41+,51-49+. The number of unbranched alkanes of at least 4 members (excludes halogenated alkanes) is 24. The smallest absolute Gasteiger partial charge is 0.220 e. The Kier molecular flexibility index (Phi) is 48.4. The van der Waals surface area contributed by atoms with E-state index in [1.165, 1.54) is 128 Å². The molecule has 4 nitrogen and oxygen atoms in total. The third-order valence-electron chi connectivity index (χ3n) is 11.1. The Morgan fingerprint density at radius 2 is 0.750 bits per heavy atom. The SMILES string of the molecule is CC/C=C\C/C=C\C/C=C\C/C=C\C/C=C\C/C=C\CCCCCCCCC(=O)NC(CO)C(O)/C=C/CC/C=C/CCCCCCCCCCCCCCCCCCC. The van der Waals surface area contributed by atoms with E-state index in [0.717, 1.165) is 83.5 Å². The molecule has 0 spiro atoms. The van der Waals surface area contributed by atoms with Crippen LogP contribution in [0.4, 0.5) is 0 Å². The van der Waals surface area contributed by atoms with Gasteiger partial charge in [0.05, 0.1) is 18.8 Å². The summed E-state index contributed by atoms with van der Waals surface area (Å²) >= 11 is 0. The quantitative estimate of drug-likeness (QED) is 0.0423. The van der Waals surface area contributed by atoms with Crippen molar-refractivity contribution in [2.24, 2.45) is 0 Å². The van der Waals surface area contributed by atoms with E-state index in [1.807, 2.05) is 6.08 Å². The summed E-state index contributed by atoms with van der Waals surface area (Å²) in [5, 5.41) is 23.1. The fourth-order valence-corrected chi connectivity index (χ4v) is 7.20. The molecule has 0 rings (SSSR count). The van der Waals surface area contributed by atoms with Gasteiger partial charge in [-0.1, -0.05) is 239 Å². The summed E-state index contributed by atoms with van der Waals surface area (Å²) in [5.74, 6) is -0.0913. The Bertz CT molecular complexity index is 1130. The highest BCUT2D eigenvalue weighted by Gasteiger charge is 2.17. The van der Waals surface area contributed by atoms with Crippen LogP contribution in [0.2, 0.25) is 0 Å². The fraction of sp³-hybridized carbons (Fsp3) is 0.696. The minimum absolute atomic E-state index is 0.0913. The van der Waals surface area contributed by atoms with Gasteiger partial charge in [0.25, 0.3) is 0 Å². The lowest BCUT2D eigenvalue weighted by Crippen LogP contribution is -2.45. The van der Waals surface area contributed by atoms with Gasteiger partial charge in [-0.15, -0.1) is 0 Å². The molecule has 2 atom stereocenters. The van der Waals surface area contributed by atoms with Crippen LogP contribution in [-0.2, 0) is 4.79 Å². The molecule has 0 aromatic heterocycles. The zero-order valence-electron chi connectivity index (χ0n) is 39.4. The molecular weight excluding hydrogens is 735 g/mol. The average Bonchev–Trinajstić information content (AvgIpc) is 3.25. The molecule has 0 aliphatic carbocycles. The van der Waals surface area contributed by atoms with Crippen LogP contribution in [0, 0.1) is 0 Å². The predicted octanol–water partition coefficient (Wildman–Crippen LogP) is 16.6. The lowest BCUT2D eigenvalue weighted by atomic mass is 10.0. The number of nitrogens with one attached hydrogen (secondary N) is 1. The van der Waals surface area contributed by atoms with Gasteiger partial charge in [0.1, 0.15) is 0 Å². The second kappa shape index (κ2) is 50.7. The summed E-state index contributed by atoms with van der Waals surface area (Å²) in [7, 11) is 0. The molecule has 0 heterocycles. The Morgan fingerprint density at radius 3 is 1.17 bits per heavy atom. The van der Waals surface area contributed by atoms with Gasteiger partial charge in [-0.2, -0.15) is 0 Å². The minimum Gasteiger partial charge on any atom is -0.394 e. The van der Waals surface area contributed by atoms with Crippen molar-refractivity contribution in [2.45, 2.75) is 244 Å². The normalized spacial score (nSPS) is 13.7. The van der Waals surface area contributed by atoms with Crippen molar-refractivity contribution in [1.29, 1.82) is 0 Å². The van der Waals surface area contributed by atoms with Crippen LogP contribution in [0.3, 0.4) is 0 Å². The summed E-state index contributed by atoms with van der Waals surface area (Å²) < 4.78 is 0. The van der Waals surface area contributed by atoms with Gasteiger partial charge in [0.15, 0.2) is 0 Å². The lowest BCUT2D eigenvalue weighted by molar-refractivity contribution is -0.123. The van der Waals surface area contributed by atoms with Crippen LogP contribution in [0.1, 0.15) is 232 Å². The van der Waals surface area contributed by atoms with Gasteiger partial charge in [0, 0.05) is 6.42 Å². The molecule has 2 unspecified atom stereocenters. The van der Waals surface area contributed by atoms with Gasteiger partial charge >= 0.3 is 0 Å². The Balaban J connectivity index is 3.65. The van der Waals surface area contributed by atoms with E-state index in [0.29, 0.717) is 6.42 Å². The highest BCUT2D eigenvalue weighted by molar-refractivity contribution is 5.76. The second-order valence-electron chi connectivity index (χ2n) is 16.8. The zero-order valence-corrected chi connectivity index (χ0v) is 39.4. The Morgan fingerprint density at radius 1 is 0.417 bits per heavy atom. The van der Waals surface area contributed by atoms with Crippen molar-refractivity contribution in [1.82, 2.24) is 5.32 Å². The van der Waals surface area contributed by atoms with Crippen LogP contribution < -0.4 is 5.32 Å². The molecule has 0 aliphatic rings. The van der Waals surface area contributed by atoms with Crippen molar-refractivity contribution in [3.63, 3.8) is 0 Å². The van der Waals surface area contributed by atoms with Crippen LogP contribution in [0.15, 0.2) is 97.2 Å². The van der Waals surface area contributed by atoms with E-state index < -0.39 is 12.1 Å². The summed E-state index contributed by atoms with van der Waals surface area (Å²) in [4.78, 5) is 12.4. The molecule has 0 aromatic carbocycles. The topological polar surface area (TPSA) is 69.6 Å². The van der Waals surface area contributed by atoms with Crippen molar-refractivity contribution in [3.05, 3.63) is 97.2 Å². The third-order valence-corrected chi connectivity index (χ3v) is 11.1. The number of carbonyl (C=O) groups excluding carboxylic acids is 1. The third kappa shape index (κ3) is 46.4. The van der Waals surface area contributed by atoms with E-state index in [-0.39, 0.29) is 12.5 Å². The summed E-state index contributed by atoms with van der Waals surface area (Å²) in [6, 6.07) is -0.655. The summed E-state index contributed by atoms with van der Waals surface area (Å²) in [6.45, 7) is 4.18. The van der Waals surface area contributed by atoms with Crippen molar-refractivity contribution in [2.75, 3.05) is 6.61 Å². The Labute approximate surface area is 373 Å². The number of aliphatic hydroxyl groups excluding tert-OH is 2. The second-order valence-corrected chi connectivity index (χ2v) is 16.8. The number of rotatable bonds is 45. The highest BCUT2D eigenvalue weighted by atomic mass is 16.3. The lowest BCUT2D eigenvalue weighted by Gasteiger charge is -2.19. The summed E-state index contributed by atoms with van der Waals surface area (Å²) in [5.41, 5.74) is 0. The molecule has 0 saturated carbocycles. The number of hydrogen-bond acceptors (Lipinski definition) is 3. The van der Waals surface area contributed by atoms with Crippen molar-refractivity contribution in [3.8, 4) is 0 Å². The molecule has 3 N–H and O–H groups in total. The first-order valence-electron chi connectivity index (χ1n) is 25.5. The van der Waals surface area contributed by atoms with Crippen LogP contribution in [0.5, 0.6) is 0 Å². The number of allylic oxidation sites excluding steroid dienone is 15. The van der Waals surface area contributed by atoms with Gasteiger partial charge in [-0.05, 0) is 83.5 Å². The largest absolute Gasteiger partial charge is 0.394 e. The van der Waals surface area contributed by atoms with E-state index in [1.54, 1.807) is 6.08 Å². The van der Waals surface area contributed by atoms with Crippen LogP contribution >= 0.6 is 0 Å². The molecule has 4 heteroatoms. The molecule has 0 radical (unpaired) electrons. The zero-order chi connectivity index (χ0) is 43.5. The first-order valence-corrected chi connectivity index (χ1v) is 25.5. The van der Waals surface area contributed by atoms with Gasteiger partial charge < -0.3 is 15.5 Å². The van der Waals surface area contributed by atoms with Gasteiger partial charge in [0.2, 0.25) is 5.91 Å². The first kappa shape index (κ1) is 57.3. The predicted molar refractivity (Wildman–Crippen MR) is 266 cm³/mol. The molecule has 0 aliphatic heterocycles. The molecule has 1 amide bonds. The number of hydrogen-bond donors (Lipinski definition) is 3. The number of carbonyl (C=O) groups is 1. The van der Waals surface area contributed by atoms with E-state index >= 15 is 0 Å². The molecule has 0 aromatic rings. The molecule has 0 fully saturated rings. The van der Waals surface area contributed by atoms with E-state index in [4.69, 9.17) is 0 Å². The minimum atomic E-state index is -0.876. The monoisotopic (exact) mass is 832 g/mol. The van der Waals surface area contributed by atoms with Crippen molar-refractivity contribution >= 4 is 5.91 Å². The van der Waals surface area contributed by atoms with Crippen LogP contribution in [-0.4, -0.2) is 34.9 Å². The van der Waals surface area contributed by atoms with E-state index in [2.05, 4.69) is 104 Å². The molecular formula is C56H97NO3. The molecule has 0 saturated heterocycles. The average molecular weight is 832 g/mol. The molecule has 60 heavy (non-hydrogen) atoms. The molecule has 344 valence electrons. The highest BCUT2D eigenvalue weighted by Crippen LogP contribution is 2.15. The van der Waals surface area contributed by atoms with Gasteiger partial charge in [-0.3, -0.25) is 4.79 Å². The van der Waals surface area contributed by atoms with Crippen molar-refractivity contribution < 1.29 is 15.0 Å². The first-order chi connectivity index (χ1) is 29.7. The number of amides is 1. The maximum atomic E-state index is 12.4. The maximum absolute atomic E-state index is 12.4. The van der Waals surface area contributed by atoms with Gasteiger partial charge in [-0.25, -0.2) is 0 Å².